The van der Waals surface area contributed by atoms with Gasteiger partial charge in [-0.3, -0.25) is 14.4 Å². The van der Waals surface area contributed by atoms with Crippen molar-refractivity contribution >= 4 is 12.2 Å². The second-order valence-electron chi connectivity index (χ2n) is 10.6. The van der Waals surface area contributed by atoms with Gasteiger partial charge in [0.05, 0.1) is 19.3 Å². The molecule has 0 radical (unpaired) electrons. The fourth-order valence-electron chi connectivity index (χ4n) is 6.43. The fraction of sp³-hybridized carbons (Fsp3) is 0.680. The largest absolute Gasteiger partial charge is 0.394 e. The van der Waals surface area contributed by atoms with E-state index in [4.69, 9.17) is 4.84 Å². The predicted octanol–water partition coefficient (Wildman–Crippen LogP) is 2.16. The second-order valence-corrected chi connectivity index (χ2v) is 10.6. The highest BCUT2D eigenvalue weighted by Crippen LogP contribution is 2.61. The maximum atomic E-state index is 13.6. The van der Waals surface area contributed by atoms with E-state index in [0.29, 0.717) is 28.7 Å². The highest BCUT2D eigenvalue weighted by Gasteiger charge is 2.57. The third-order valence-electron chi connectivity index (χ3n) is 8.49. The molecule has 1 aromatic carbocycles. The lowest BCUT2D eigenvalue weighted by Crippen LogP contribution is -2.62. The molecule has 7 heteroatoms. The molecule has 1 saturated heterocycles. The second kappa shape index (κ2) is 8.86. The van der Waals surface area contributed by atoms with Crippen LogP contribution in [0.2, 0.25) is 0 Å². The average Bonchev–Trinajstić information content (AvgIpc) is 3.13. The van der Waals surface area contributed by atoms with E-state index in [1.807, 2.05) is 6.07 Å². The molecule has 0 aromatic heterocycles. The van der Waals surface area contributed by atoms with E-state index in [0.717, 1.165) is 18.3 Å². The lowest BCUT2D eigenvalue weighted by Gasteiger charge is -2.62. The molecule has 1 heterocycles. The Morgan fingerprint density at radius 1 is 1.38 bits per heavy atom. The number of carbonyl (C=O) groups excluding carboxylic acids is 2. The molecule has 3 N–H and O–H groups in total. The Labute approximate surface area is 190 Å². The molecule has 176 valence electrons. The first-order valence-electron chi connectivity index (χ1n) is 11.7. The van der Waals surface area contributed by atoms with E-state index >= 15 is 0 Å². The van der Waals surface area contributed by atoms with Gasteiger partial charge in [-0.05, 0) is 54.6 Å². The van der Waals surface area contributed by atoms with Crippen LogP contribution in [0.15, 0.2) is 24.3 Å². The molecular weight excluding hydrogens is 408 g/mol. The SMILES string of the molecule is C[C@@H]1[C@@H](NC(=O)[C@@H]2[C@H]([C@H](C)O)C(CO)ON2Cc2cccc(C=O)c2)C[C@H]2C[C@@H]1C2(C)C. The van der Waals surface area contributed by atoms with Gasteiger partial charge < -0.3 is 15.5 Å². The number of hydrogen-bond acceptors (Lipinski definition) is 6. The highest BCUT2D eigenvalue weighted by molar-refractivity contribution is 5.83. The molecule has 1 aliphatic heterocycles. The normalized spacial score (nSPS) is 36.9. The van der Waals surface area contributed by atoms with Crippen molar-refractivity contribution in [3.8, 4) is 0 Å². The van der Waals surface area contributed by atoms with Gasteiger partial charge in [-0.1, -0.05) is 39.0 Å². The Kier molecular flexibility index (Phi) is 6.47. The van der Waals surface area contributed by atoms with Crippen molar-refractivity contribution in [1.82, 2.24) is 10.4 Å². The summed E-state index contributed by atoms with van der Waals surface area (Å²) in [6.07, 6.45) is 1.48. The van der Waals surface area contributed by atoms with Gasteiger partial charge in [0.25, 0.3) is 0 Å². The van der Waals surface area contributed by atoms with E-state index in [9.17, 15) is 19.8 Å². The van der Waals surface area contributed by atoms with Gasteiger partial charge in [-0.15, -0.1) is 0 Å². The molecule has 1 amide bonds. The van der Waals surface area contributed by atoms with Gasteiger partial charge in [0.1, 0.15) is 18.4 Å². The van der Waals surface area contributed by atoms with Crippen molar-refractivity contribution < 1.29 is 24.6 Å². The smallest absolute Gasteiger partial charge is 0.240 e. The molecule has 5 rings (SSSR count). The quantitative estimate of drug-likeness (QED) is 0.558. The number of hydrogen-bond donors (Lipinski definition) is 3. The van der Waals surface area contributed by atoms with Crippen molar-refractivity contribution in [2.75, 3.05) is 6.61 Å². The summed E-state index contributed by atoms with van der Waals surface area (Å²) in [4.78, 5) is 30.7. The molecule has 3 aliphatic carbocycles. The van der Waals surface area contributed by atoms with E-state index in [2.05, 4.69) is 26.1 Å². The van der Waals surface area contributed by atoms with Gasteiger partial charge in [0.15, 0.2) is 0 Å². The lowest BCUT2D eigenvalue weighted by atomic mass is 9.45. The zero-order valence-corrected chi connectivity index (χ0v) is 19.4. The summed E-state index contributed by atoms with van der Waals surface area (Å²) in [7, 11) is 0. The zero-order valence-electron chi connectivity index (χ0n) is 19.4. The van der Waals surface area contributed by atoms with Crippen LogP contribution in [-0.2, 0) is 16.2 Å². The average molecular weight is 445 g/mol. The summed E-state index contributed by atoms with van der Waals surface area (Å²) in [5.41, 5.74) is 1.70. The van der Waals surface area contributed by atoms with Crippen molar-refractivity contribution in [2.24, 2.45) is 29.1 Å². The molecule has 0 spiro atoms. The Bertz CT molecular complexity index is 856. The number of rotatable bonds is 7. The molecule has 1 aromatic rings. The third-order valence-corrected chi connectivity index (χ3v) is 8.49. The molecule has 3 saturated carbocycles. The number of aldehydes is 1. The third kappa shape index (κ3) is 4.00. The van der Waals surface area contributed by atoms with Crippen LogP contribution in [0.25, 0.3) is 0 Å². The molecular formula is C25H36N2O5. The van der Waals surface area contributed by atoms with Gasteiger partial charge in [0, 0.05) is 17.5 Å². The van der Waals surface area contributed by atoms with E-state index < -0.39 is 24.2 Å². The maximum absolute atomic E-state index is 13.6. The summed E-state index contributed by atoms with van der Waals surface area (Å²) in [6.45, 7) is 8.50. The van der Waals surface area contributed by atoms with Crippen LogP contribution in [0.3, 0.4) is 0 Å². The van der Waals surface area contributed by atoms with Crippen LogP contribution in [0.1, 0.15) is 56.5 Å². The maximum Gasteiger partial charge on any atom is 0.240 e. The van der Waals surface area contributed by atoms with E-state index in [1.165, 1.54) is 6.42 Å². The van der Waals surface area contributed by atoms with E-state index in [1.54, 1.807) is 30.2 Å². The first-order chi connectivity index (χ1) is 15.2. The molecule has 8 atom stereocenters. The Morgan fingerprint density at radius 3 is 2.72 bits per heavy atom. The number of benzene rings is 1. The predicted molar refractivity (Wildman–Crippen MR) is 119 cm³/mol. The summed E-state index contributed by atoms with van der Waals surface area (Å²) < 4.78 is 0. The van der Waals surface area contributed by atoms with Crippen molar-refractivity contribution in [2.45, 2.75) is 71.4 Å². The summed E-state index contributed by atoms with van der Waals surface area (Å²) >= 11 is 0. The van der Waals surface area contributed by atoms with Crippen molar-refractivity contribution in [3.63, 3.8) is 0 Å². The van der Waals surface area contributed by atoms with Crippen LogP contribution < -0.4 is 5.32 Å². The topological polar surface area (TPSA) is 99.1 Å². The Balaban J connectivity index is 1.54. The number of nitrogens with one attached hydrogen (secondary N) is 1. The number of nitrogens with zero attached hydrogens (tertiary/aromatic N) is 1. The summed E-state index contributed by atoms with van der Waals surface area (Å²) in [5.74, 6) is 0.881. The van der Waals surface area contributed by atoms with Crippen LogP contribution in [0.5, 0.6) is 0 Å². The number of fused-ring (bicyclic) bond motifs is 2. The Morgan fingerprint density at radius 2 is 2.12 bits per heavy atom. The van der Waals surface area contributed by atoms with Gasteiger partial charge >= 0.3 is 0 Å². The fourth-order valence-corrected chi connectivity index (χ4v) is 6.43. The number of aliphatic hydroxyl groups excluding tert-OH is 2. The van der Waals surface area contributed by atoms with Crippen molar-refractivity contribution in [1.29, 1.82) is 0 Å². The number of aliphatic hydroxyl groups is 2. The lowest BCUT2D eigenvalue weighted by molar-refractivity contribution is -0.183. The van der Waals surface area contributed by atoms with Gasteiger partial charge in [-0.25, -0.2) is 0 Å². The van der Waals surface area contributed by atoms with Crippen LogP contribution >= 0.6 is 0 Å². The molecule has 4 aliphatic rings. The minimum Gasteiger partial charge on any atom is -0.394 e. The number of hydroxylamine groups is 2. The number of carbonyl (C=O) groups is 2. The van der Waals surface area contributed by atoms with Crippen LogP contribution in [0, 0.1) is 29.1 Å². The first-order valence-corrected chi connectivity index (χ1v) is 11.7. The monoisotopic (exact) mass is 444 g/mol. The molecule has 32 heavy (non-hydrogen) atoms. The number of amides is 1. The van der Waals surface area contributed by atoms with Crippen LogP contribution in [0.4, 0.5) is 0 Å². The molecule has 1 unspecified atom stereocenters. The summed E-state index contributed by atoms with van der Waals surface area (Å²) in [6, 6.07) is 6.50. The highest BCUT2D eigenvalue weighted by atomic mass is 16.7. The summed E-state index contributed by atoms with van der Waals surface area (Å²) in [5, 5.41) is 25.2. The van der Waals surface area contributed by atoms with Gasteiger partial charge in [-0.2, -0.15) is 5.06 Å². The van der Waals surface area contributed by atoms with Crippen molar-refractivity contribution in [3.05, 3.63) is 35.4 Å². The van der Waals surface area contributed by atoms with E-state index in [-0.39, 0.29) is 25.1 Å². The van der Waals surface area contributed by atoms with Gasteiger partial charge in [0.2, 0.25) is 5.91 Å². The standard InChI is InChI=1S/C25H36N2O5/c1-14-19-9-18(25(19,3)4)10-20(14)26-24(31)23-22(15(2)30)21(13-29)32-27(23)11-16-6-5-7-17(8-16)12-28/h5-8,12,14-15,18-23,29-30H,9-11,13H2,1-4H3,(H,26,31)/t14-,15-,18+,19-,20-,21?,22+,23-/m0/s1. The molecule has 4 fully saturated rings. The Hall–Kier alpha value is -1.80. The van der Waals surface area contributed by atoms with Crippen LogP contribution in [-0.4, -0.2) is 58.4 Å². The minimum atomic E-state index is -0.828. The zero-order chi connectivity index (χ0) is 23.2. The molecule has 2 bridgehead atoms. The minimum absolute atomic E-state index is 0.0994. The molecule has 7 nitrogen and oxygen atoms in total. The first kappa shape index (κ1) is 23.4.